The molecule has 1 atom stereocenters. The van der Waals surface area contributed by atoms with Crippen LogP contribution < -0.4 is 11.1 Å². The maximum Gasteiger partial charge on any atom is 0.241 e. The van der Waals surface area contributed by atoms with Crippen LogP contribution in [0.25, 0.3) is 0 Å². The predicted molar refractivity (Wildman–Crippen MR) is 62.9 cm³/mol. The van der Waals surface area contributed by atoms with Gasteiger partial charge in [0, 0.05) is 5.69 Å². The Morgan fingerprint density at radius 1 is 1.50 bits per heavy atom. The van der Waals surface area contributed by atoms with Crippen molar-refractivity contribution >= 4 is 23.2 Å². The van der Waals surface area contributed by atoms with E-state index >= 15 is 0 Å². The Morgan fingerprint density at radius 2 is 2.12 bits per heavy atom. The molecule has 3 N–H and O–H groups in total. The molecule has 1 rings (SSSR count). The van der Waals surface area contributed by atoms with Crippen LogP contribution in [0.3, 0.4) is 0 Å². The van der Waals surface area contributed by atoms with Gasteiger partial charge >= 0.3 is 0 Å². The third kappa shape index (κ3) is 3.18. The Hall–Kier alpha value is -1.13. The summed E-state index contributed by atoms with van der Waals surface area (Å²) in [5.74, 6) is -0.790. The van der Waals surface area contributed by atoms with Crippen LogP contribution in [0.4, 0.5) is 10.1 Å². The Labute approximate surface area is 98.8 Å². The van der Waals surface area contributed by atoms with Gasteiger partial charge in [0.15, 0.2) is 0 Å². The molecule has 0 unspecified atom stereocenters. The summed E-state index contributed by atoms with van der Waals surface area (Å²) in [5, 5.41) is 2.54. The van der Waals surface area contributed by atoms with Crippen LogP contribution in [-0.4, -0.2) is 11.9 Å². The highest BCUT2D eigenvalue weighted by atomic mass is 35.5. The molecule has 0 aliphatic carbocycles. The highest BCUT2D eigenvalue weighted by Crippen LogP contribution is 2.19. The van der Waals surface area contributed by atoms with E-state index in [0.717, 1.165) is 0 Å². The molecule has 0 aliphatic heterocycles. The second-order valence-electron chi connectivity index (χ2n) is 3.89. The second-order valence-corrected chi connectivity index (χ2v) is 4.30. The lowest BCUT2D eigenvalue weighted by Crippen LogP contribution is -2.39. The molecule has 0 bridgehead atoms. The molecule has 1 aromatic carbocycles. The number of hydrogen-bond donors (Lipinski definition) is 2. The minimum Gasteiger partial charge on any atom is -0.325 e. The van der Waals surface area contributed by atoms with Crippen LogP contribution in [0.15, 0.2) is 18.2 Å². The fourth-order valence-corrected chi connectivity index (χ4v) is 1.28. The van der Waals surface area contributed by atoms with Gasteiger partial charge in [-0.05, 0) is 24.1 Å². The smallest absolute Gasteiger partial charge is 0.241 e. The van der Waals surface area contributed by atoms with Gasteiger partial charge in [-0.3, -0.25) is 4.79 Å². The summed E-state index contributed by atoms with van der Waals surface area (Å²) in [6.07, 6.45) is 0. The highest BCUT2D eigenvalue weighted by Gasteiger charge is 2.17. The van der Waals surface area contributed by atoms with Gasteiger partial charge in [0.05, 0.1) is 11.1 Å². The van der Waals surface area contributed by atoms with Gasteiger partial charge < -0.3 is 11.1 Å². The summed E-state index contributed by atoms with van der Waals surface area (Å²) in [6.45, 7) is 3.70. The molecule has 16 heavy (non-hydrogen) atoms. The zero-order chi connectivity index (χ0) is 12.3. The lowest BCUT2D eigenvalue weighted by atomic mass is 10.1. The van der Waals surface area contributed by atoms with Crippen LogP contribution in [0, 0.1) is 11.7 Å². The molecule has 5 heteroatoms. The normalized spacial score (nSPS) is 12.6. The number of anilines is 1. The Kier molecular flexibility index (Phi) is 4.26. The molecule has 1 amide bonds. The van der Waals surface area contributed by atoms with Crippen LogP contribution in [0.2, 0.25) is 5.02 Å². The van der Waals surface area contributed by atoms with Crippen LogP contribution in [0.5, 0.6) is 0 Å². The molecule has 0 saturated carbocycles. The lowest BCUT2D eigenvalue weighted by molar-refractivity contribution is -0.118. The molecule has 0 fully saturated rings. The van der Waals surface area contributed by atoms with Gasteiger partial charge in [0.1, 0.15) is 5.82 Å². The standard InChI is InChI=1S/C11H14ClFN2O/c1-6(2)10(14)11(16)15-7-3-4-9(13)8(12)5-7/h3-6,10H,14H2,1-2H3,(H,15,16)/t10-/m1/s1. The zero-order valence-corrected chi connectivity index (χ0v) is 9.88. The summed E-state index contributed by atoms with van der Waals surface area (Å²) in [7, 11) is 0. The minimum atomic E-state index is -0.594. The van der Waals surface area contributed by atoms with Gasteiger partial charge in [-0.15, -0.1) is 0 Å². The number of carbonyl (C=O) groups is 1. The molecular weight excluding hydrogens is 231 g/mol. The fraction of sp³-hybridized carbons (Fsp3) is 0.364. The highest BCUT2D eigenvalue weighted by molar-refractivity contribution is 6.31. The van der Waals surface area contributed by atoms with Crippen molar-refractivity contribution in [3.63, 3.8) is 0 Å². The van der Waals surface area contributed by atoms with Gasteiger partial charge in [-0.2, -0.15) is 0 Å². The monoisotopic (exact) mass is 244 g/mol. The van der Waals surface area contributed by atoms with E-state index < -0.39 is 11.9 Å². The Morgan fingerprint density at radius 3 is 2.62 bits per heavy atom. The number of amides is 1. The van der Waals surface area contributed by atoms with Crippen molar-refractivity contribution < 1.29 is 9.18 Å². The van der Waals surface area contributed by atoms with E-state index in [-0.39, 0.29) is 16.8 Å². The molecule has 0 saturated heterocycles. The summed E-state index contributed by atoms with van der Waals surface area (Å²) < 4.78 is 12.9. The fourth-order valence-electron chi connectivity index (χ4n) is 1.10. The zero-order valence-electron chi connectivity index (χ0n) is 9.13. The third-order valence-corrected chi connectivity index (χ3v) is 2.50. The summed E-state index contributed by atoms with van der Waals surface area (Å²) in [4.78, 5) is 11.6. The molecule has 88 valence electrons. The van der Waals surface area contributed by atoms with Crippen molar-refractivity contribution in [3.05, 3.63) is 29.0 Å². The minimum absolute atomic E-state index is 0.0316. The molecular formula is C11H14ClFN2O. The van der Waals surface area contributed by atoms with E-state index in [1.54, 1.807) is 0 Å². The average Bonchev–Trinajstić information content (AvgIpc) is 2.22. The summed E-state index contributed by atoms with van der Waals surface area (Å²) >= 11 is 5.58. The largest absolute Gasteiger partial charge is 0.325 e. The van der Waals surface area contributed by atoms with Gasteiger partial charge in [-0.25, -0.2) is 4.39 Å². The first-order valence-electron chi connectivity index (χ1n) is 4.93. The number of carbonyl (C=O) groups excluding carboxylic acids is 1. The number of rotatable bonds is 3. The number of hydrogen-bond acceptors (Lipinski definition) is 2. The first-order chi connectivity index (χ1) is 7.41. The molecule has 0 heterocycles. The summed E-state index contributed by atoms with van der Waals surface area (Å²) in [5.41, 5.74) is 6.09. The van der Waals surface area contributed by atoms with Gasteiger partial charge in [0.25, 0.3) is 0 Å². The van der Waals surface area contributed by atoms with E-state index in [0.29, 0.717) is 5.69 Å². The van der Waals surface area contributed by atoms with E-state index in [1.807, 2.05) is 13.8 Å². The average molecular weight is 245 g/mol. The van der Waals surface area contributed by atoms with Crippen molar-refractivity contribution in [2.75, 3.05) is 5.32 Å². The molecule has 0 radical (unpaired) electrons. The second kappa shape index (κ2) is 5.27. The first-order valence-corrected chi connectivity index (χ1v) is 5.31. The topological polar surface area (TPSA) is 55.1 Å². The summed E-state index contributed by atoms with van der Waals surface area (Å²) in [6, 6.07) is 3.39. The van der Waals surface area contributed by atoms with Crippen molar-refractivity contribution in [1.29, 1.82) is 0 Å². The van der Waals surface area contributed by atoms with Crippen molar-refractivity contribution in [3.8, 4) is 0 Å². The maximum atomic E-state index is 12.9. The number of halogens is 2. The number of nitrogens with two attached hydrogens (primary N) is 1. The Bertz CT molecular complexity index is 396. The van der Waals surface area contributed by atoms with Crippen molar-refractivity contribution in [1.82, 2.24) is 0 Å². The third-order valence-electron chi connectivity index (χ3n) is 2.21. The van der Waals surface area contributed by atoms with E-state index in [2.05, 4.69) is 5.32 Å². The quantitative estimate of drug-likeness (QED) is 0.858. The van der Waals surface area contributed by atoms with Crippen LogP contribution >= 0.6 is 11.6 Å². The number of nitrogens with one attached hydrogen (secondary N) is 1. The van der Waals surface area contributed by atoms with Crippen LogP contribution in [-0.2, 0) is 4.79 Å². The molecule has 3 nitrogen and oxygen atoms in total. The van der Waals surface area contributed by atoms with E-state index in [1.165, 1.54) is 18.2 Å². The van der Waals surface area contributed by atoms with Crippen LogP contribution in [0.1, 0.15) is 13.8 Å². The molecule has 0 spiro atoms. The first kappa shape index (κ1) is 12.9. The lowest BCUT2D eigenvalue weighted by Gasteiger charge is -2.15. The molecule has 0 aliphatic rings. The van der Waals surface area contributed by atoms with E-state index in [9.17, 15) is 9.18 Å². The number of benzene rings is 1. The SMILES string of the molecule is CC(C)[C@@H](N)C(=O)Nc1ccc(F)c(Cl)c1. The van der Waals surface area contributed by atoms with E-state index in [4.69, 9.17) is 17.3 Å². The van der Waals surface area contributed by atoms with Crippen molar-refractivity contribution in [2.24, 2.45) is 11.7 Å². The molecule has 0 aromatic heterocycles. The van der Waals surface area contributed by atoms with Crippen molar-refractivity contribution in [2.45, 2.75) is 19.9 Å². The molecule has 1 aromatic rings. The Balaban J connectivity index is 2.74. The maximum absolute atomic E-state index is 12.9. The van der Waals surface area contributed by atoms with Gasteiger partial charge in [-0.1, -0.05) is 25.4 Å². The predicted octanol–water partition coefficient (Wildman–Crippen LogP) is 2.40. The van der Waals surface area contributed by atoms with Gasteiger partial charge in [0.2, 0.25) is 5.91 Å².